The lowest BCUT2D eigenvalue weighted by molar-refractivity contribution is -0.00967. The second-order valence-corrected chi connectivity index (χ2v) is 6.20. The van der Waals surface area contributed by atoms with Crippen molar-refractivity contribution >= 4 is 0 Å². The Bertz CT molecular complexity index is 204. The Labute approximate surface area is 108 Å². The first-order valence-electron chi connectivity index (χ1n) is 6.70. The third kappa shape index (κ3) is 6.39. The van der Waals surface area contributed by atoms with Gasteiger partial charge in [0, 0.05) is 25.7 Å². The van der Waals surface area contributed by atoms with Gasteiger partial charge in [0.15, 0.2) is 0 Å². The minimum absolute atomic E-state index is 0.101. The number of hydrogen-bond acceptors (Lipinski definition) is 3. The molecule has 0 rings (SSSR count). The Balaban J connectivity index is 4.44. The second-order valence-electron chi connectivity index (χ2n) is 6.20. The molecule has 0 saturated heterocycles. The highest BCUT2D eigenvalue weighted by molar-refractivity contribution is 4.82. The molecule has 2 N–H and O–H groups in total. The fourth-order valence-corrected chi connectivity index (χ4v) is 2.25. The summed E-state index contributed by atoms with van der Waals surface area (Å²) in [6.45, 7) is 11.7. The lowest BCUT2D eigenvalue weighted by Gasteiger charge is -2.37. The Morgan fingerprint density at radius 1 is 1.24 bits per heavy atom. The van der Waals surface area contributed by atoms with Crippen LogP contribution in [0.3, 0.4) is 0 Å². The van der Waals surface area contributed by atoms with E-state index in [-0.39, 0.29) is 5.60 Å². The molecule has 0 heterocycles. The van der Waals surface area contributed by atoms with Crippen LogP contribution in [0.25, 0.3) is 0 Å². The quantitative estimate of drug-likeness (QED) is 0.713. The highest BCUT2D eigenvalue weighted by Gasteiger charge is 2.26. The van der Waals surface area contributed by atoms with Gasteiger partial charge < -0.3 is 10.5 Å². The lowest BCUT2D eigenvalue weighted by Crippen LogP contribution is -2.47. The van der Waals surface area contributed by atoms with E-state index >= 15 is 0 Å². The Hall–Kier alpha value is -0.120. The van der Waals surface area contributed by atoms with E-state index in [1.807, 2.05) is 0 Å². The van der Waals surface area contributed by atoms with Crippen LogP contribution in [-0.2, 0) is 4.74 Å². The predicted molar refractivity (Wildman–Crippen MR) is 75.2 cm³/mol. The van der Waals surface area contributed by atoms with Gasteiger partial charge in [0.2, 0.25) is 0 Å². The minimum atomic E-state index is -0.101. The van der Waals surface area contributed by atoms with E-state index in [9.17, 15) is 0 Å². The van der Waals surface area contributed by atoms with Gasteiger partial charge in [0.25, 0.3) is 0 Å². The molecular formula is C14H32N2O. The molecule has 3 heteroatoms. The van der Waals surface area contributed by atoms with Gasteiger partial charge in [-0.3, -0.25) is 4.90 Å². The fraction of sp³-hybridized carbons (Fsp3) is 1.00. The molecule has 0 aliphatic carbocycles. The van der Waals surface area contributed by atoms with Crippen molar-refractivity contribution in [3.8, 4) is 0 Å². The summed E-state index contributed by atoms with van der Waals surface area (Å²) in [6.07, 6.45) is 2.18. The topological polar surface area (TPSA) is 38.5 Å². The first-order chi connectivity index (χ1) is 7.73. The molecule has 0 aromatic carbocycles. The summed E-state index contributed by atoms with van der Waals surface area (Å²) in [5.74, 6) is 0.723. The number of methoxy groups -OCH3 is 1. The van der Waals surface area contributed by atoms with Crippen molar-refractivity contribution in [3.63, 3.8) is 0 Å². The van der Waals surface area contributed by atoms with Gasteiger partial charge in [-0.15, -0.1) is 0 Å². The second kappa shape index (κ2) is 7.34. The zero-order chi connectivity index (χ0) is 13.6. The molecule has 0 aliphatic heterocycles. The van der Waals surface area contributed by atoms with Crippen LogP contribution in [0, 0.1) is 5.92 Å². The summed E-state index contributed by atoms with van der Waals surface area (Å²) >= 11 is 0. The molecule has 0 saturated carbocycles. The number of ether oxygens (including phenoxy) is 1. The molecule has 0 aromatic rings. The zero-order valence-corrected chi connectivity index (χ0v) is 12.8. The van der Waals surface area contributed by atoms with Gasteiger partial charge in [0.05, 0.1) is 5.60 Å². The molecule has 0 spiro atoms. The van der Waals surface area contributed by atoms with E-state index in [1.165, 1.54) is 6.42 Å². The van der Waals surface area contributed by atoms with E-state index in [1.54, 1.807) is 7.11 Å². The maximum Gasteiger partial charge on any atom is 0.0638 e. The normalized spacial score (nSPS) is 16.6. The van der Waals surface area contributed by atoms with Crippen molar-refractivity contribution in [2.24, 2.45) is 11.7 Å². The van der Waals surface area contributed by atoms with Crippen LogP contribution < -0.4 is 5.73 Å². The van der Waals surface area contributed by atoms with Crippen LogP contribution in [0.4, 0.5) is 0 Å². The van der Waals surface area contributed by atoms with E-state index < -0.39 is 0 Å². The summed E-state index contributed by atoms with van der Waals surface area (Å²) in [5, 5.41) is 0. The highest BCUT2D eigenvalue weighted by Crippen LogP contribution is 2.21. The molecular weight excluding hydrogens is 212 g/mol. The molecule has 2 unspecified atom stereocenters. The smallest absolute Gasteiger partial charge is 0.0638 e. The molecule has 0 amide bonds. The monoisotopic (exact) mass is 244 g/mol. The number of hydrogen-bond donors (Lipinski definition) is 1. The zero-order valence-electron chi connectivity index (χ0n) is 12.8. The van der Waals surface area contributed by atoms with Crippen molar-refractivity contribution in [2.75, 3.05) is 20.7 Å². The largest absolute Gasteiger partial charge is 0.379 e. The van der Waals surface area contributed by atoms with Crippen LogP contribution in [-0.4, -0.2) is 43.3 Å². The van der Waals surface area contributed by atoms with Gasteiger partial charge in [-0.05, 0) is 46.6 Å². The van der Waals surface area contributed by atoms with Crippen molar-refractivity contribution in [2.45, 2.75) is 65.1 Å². The van der Waals surface area contributed by atoms with Crippen molar-refractivity contribution in [1.82, 2.24) is 4.90 Å². The standard InChI is InChI=1S/C14H32N2O/c1-11(2)8-12(3)16(6)13(10-15)9-14(4,5)17-7/h11-13H,8-10,15H2,1-7H3. The van der Waals surface area contributed by atoms with Crippen LogP contribution >= 0.6 is 0 Å². The van der Waals surface area contributed by atoms with E-state index in [0.717, 1.165) is 12.3 Å². The molecule has 0 radical (unpaired) electrons. The van der Waals surface area contributed by atoms with Gasteiger partial charge in [-0.2, -0.15) is 0 Å². The Kier molecular flexibility index (Phi) is 7.29. The number of nitrogens with two attached hydrogens (primary N) is 1. The molecule has 104 valence electrons. The SMILES string of the molecule is COC(C)(C)CC(CN)N(C)C(C)CC(C)C. The molecule has 3 nitrogen and oxygen atoms in total. The summed E-state index contributed by atoms with van der Waals surface area (Å²) in [6, 6.07) is 0.954. The van der Waals surface area contributed by atoms with Crippen LogP contribution in [0.1, 0.15) is 47.5 Å². The third-order valence-corrected chi connectivity index (χ3v) is 3.64. The predicted octanol–water partition coefficient (Wildman–Crippen LogP) is 2.50. The van der Waals surface area contributed by atoms with Gasteiger partial charge in [0.1, 0.15) is 0 Å². The Morgan fingerprint density at radius 2 is 1.76 bits per heavy atom. The first-order valence-corrected chi connectivity index (χ1v) is 6.70. The first kappa shape index (κ1) is 16.9. The number of nitrogens with zero attached hydrogens (tertiary/aromatic N) is 1. The van der Waals surface area contributed by atoms with Crippen molar-refractivity contribution in [3.05, 3.63) is 0 Å². The van der Waals surface area contributed by atoms with Crippen molar-refractivity contribution in [1.29, 1.82) is 0 Å². The molecule has 0 aromatic heterocycles. The van der Waals surface area contributed by atoms with Crippen LogP contribution in [0.5, 0.6) is 0 Å². The maximum atomic E-state index is 5.91. The van der Waals surface area contributed by atoms with Gasteiger partial charge >= 0.3 is 0 Å². The Morgan fingerprint density at radius 3 is 2.12 bits per heavy atom. The molecule has 2 atom stereocenters. The molecule has 0 fully saturated rings. The third-order valence-electron chi connectivity index (χ3n) is 3.64. The minimum Gasteiger partial charge on any atom is -0.379 e. The van der Waals surface area contributed by atoms with Crippen molar-refractivity contribution < 1.29 is 4.74 Å². The molecule has 0 aliphatic rings. The van der Waals surface area contributed by atoms with E-state index in [4.69, 9.17) is 10.5 Å². The van der Waals surface area contributed by atoms with Gasteiger partial charge in [-0.25, -0.2) is 0 Å². The summed E-state index contributed by atoms with van der Waals surface area (Å²) < 4.78 is 5.50. The fourth-order valence-electron chi connectivity index (χ4n) is 2.25. The average Bonchev–Trinajstić information content (AvgIpc) is 2.24. The molecule has 17 heavy (non-hydrogen) atoms. The van der Waals surface area contributed by atoms with Crippen LogP contribution in [0.2, 0.25) is 0 Å². The number of rotatable bonds is 8. The highest BCUT2D eigenvalue weighted by atomic mass is 16.5. The molecule has 0 bridgehead atoms. The summed E-state index contributed by atoms with van der Waals surface area (Å²) in [5.41, 5.74) is 5.81. The van der Waals surface area contributed by atoms with Gasteiger partial charge in [-0.1, -0.05) is 13.8 Å². The van der Waals surface area contributed by atoms with E-state index in [2.05, 4.69) is 46.6 Å². The number of likely N-dealkylation sites (N-methyl/N-ethyl adjacent to an activating group) is 1. The maximum absolute atomic E-state index is 5.91. The summed E-state index contributed by atoms with van der Waals surface area (Å²) in [4.78, 5) is 2.40. The average molecular weight is 244 g/mol. The lowest BCUT2D eigenvalue weighted by atomic mass is 9.95. The summed E-state index contributed by atoms with van der Waals surface area (Å²) in [7, 11) is 3.95. The van der Waals surface area contributed by atoms with E-state index in [0.29, 0.717) is 18.6 Å². The van der Waals surface area contributed by atoms with Crippen LogP contribution in [0.15, 0.2) is 0 Å².